The fraction of sp³-hybridized carbons (Fsp3) is 0.429. The Balaban J connectivity index is 3.03. The molecule has 0 heterocycles. The van der Waals surface area contributed by atoms with Gasteiger partial charge in [-0.2, -0.15) is 0 Å². The summed E-state index contributed by atoms with van der Waals surface area (Å²) in [4.78, 5) is 71.2. The van der Waals surface area contributed by atoms with Gasteiger partial charge in [-0.3, -0.25) is 24.0 Å². The van der Waals surface area contributed by atoms with E-state index in [0.29, 0.717) is 5.56 Å². The van der Waals surface area contributed by atoms with Gasteiger partial charge in [-0.05, 0) is 24.1 Å². The second-order valence-electron chi connectivity index (χ2n) is 7.86. The Morgan fingerprint density at radius 1 is 0.806 bits per heavy atom. The third-order valence-electron chi connectivity index (χ3n) is 4.88. The summed E-state index contributed by atoms with van der Waals surface area (Å²) >= 11 is 0. The van der Waals surface area contributed by atoms with E-state index in [0.717, 1.165) is 0 Å². The maximum Gasteiger partial charge on any atom is 0.326 e. The van der Waals surface area contributed by atoms with Crippen molar-refractivity contribution in [3.63, 3.8) is 0 Å². The minimum absolute atomic E-state index is 0.0630. The molecule has 4 atom stereocenters. The number of rotatable bonds is 15. The predicted octanol–water partition coefficient (Wildman–Crippen LogP) is -4.07. The lowest BCUT2D eigenvalue weighted by molar-refractivity contribution is -0.143. The molecule has 1 aromatic rings. The standard InChI is InChI=1S/C21H30N6O9/c22-12(5-6-16(23)30)18(32)27-15(9-28)20(34)25-13(7-10-1-3-11(29)4-2-10)19(33)26-14(21(35)36)8-17(24)31/h1-4,12-15,28-29H,5-9,22H2,(H2,23,30)(H2,24,31)(H,25,34)(H,26,33)(H,27,32)(H,35,36). The van der Waals surface area contributed by atoms with Crippen LogP contribution in [0.1, 0.15) is 24.8 Å². The van der Waals surface area contributed by atoms with Gasteiger partial charge < -0.3 is 48.5 Å². The minimum atomic E-state index is -1.68. The Morgan fingerprint density at radius 2 is 1.33 bits per heavy atom. The largest absolute Gasteiger partial charge is 0.508 e. The molecule has 5 amide bonds. The molecule has 15 heteroatoms. The van der Waals surface area contributed by atoms with Gasteiger partial charge in [0.15, 0.2) is 0 Å². The van der Waals surface area contributed by atoms with Crippen molar-refractivity contribution >= 4 is 35.5 Å². The second-order valence-corrected chi connectivity index (χ2v) is 7.86. The number of aromatic hydroxyl groups is 1. The molecule has 0 spiro atoms. The highest BCUT2D eigenvalue weighted by Gasteiger charge is 2.31. The van der Waals surface area contributed by atoms with Crippen LogP contribution in [0.25, 0.3) is 0 Å². The zero-order valence-corrected chi connectivity index (χ0v) is 19.2. The van der Waals surface area contributed by atoms with Crippen LogP contribution in [0, 0.1) is 0 Å². The van der Waals surface area contributed by atoms with Gasteiger partial charge in [-0.25, -0.2) is 4.79 Å². The van der Waals surface area contributed by atoms with Crippen LogP contribution in [0.5, 0.6) is 5.75 Å². The quantitative estimate of drug-likeness (QED) is 0.110. The molecular formula is C21H30N6O9. The van der Waals surface area contributed by atoms with Gasteiger partial charge in [0.1, 0.15) is 23.9 Å². The van der Waals surface area contributed by atoms with Crippen molar-refractivity contribution in [1.29, 1.82) is 0 Å². The van der Waals surface area contributed by atoms with E-state index in [2.05, 4.69) is 16.0 Å². The van der Waals surface area contributed by atoms with Gasteiger partial charge in [0.2, 0.25) is 29.5 Å². The van der Waals surface area contributed by atoms with Gasteiger partial charge in [0.25, 0.3) is 0 Å². The zero-order valence-electron chi connectivity index (χ0n) is 19.2. The van der Waals surface area contributed by atoms with Crippen molar-refractivity contribution in [1.82, 2.24) is 16.0 Å². The lowest BCUT2D eigenvalue weighted by Crippen LogP contribution is -2.58. The first-order chi connectivity index (χ1) is 16.8. The third-order valence-corrected chi connectivity index (χ3v) is 4.88. The second kappa shape index (κ2) is 14.2. The molecule has 0 radical (unpaired) electrons. The van der Waals surface area contributed by atoms with Crippen LogP contribution in [-0.2, 0) is 35.2 Å². The highest BCUT2D eigenvalue weighted by molar-refractivity contribution is 5.95. The molecule has 1 aromatic carbocycles. The first-order valence-electron chi connectivity index (χ1n) is 10.7. The van der Waals surface area contributed by atoms with Crippen molar-refractivity contribution in [3.8, 4) is 5.75 Å². The molecule has 36 heavy (non-hydrogen) atoms. The number of amides is 5. The summed E-state index contributed by atoms with van der Waals surface area (Å²) in [5.74, 6) is -6.14. The Labute approximate surface area is 205 Å². The number of carboxylic acid groups (broad SMARTS) is 1. The highest BCUT2D eigenvalue weighted by Crippen LogP contribution is 2.12. The van der Waals surface area contributed by atoms with Gasteiger partial charge >= 0.3 is 5.97 Å². The molecule has 0 fully saturated rings. The summed E-state index contributed by atoms with van der Waals surface area (Å²) < 4.78 is 0. The summed E-state index contributed by atoms with van der Waals surface area (Å²) in [5.41, 5.74) is 16.1. The highest BCUT2D eigenvalue weighted by atomic mass is 16.4. The van der Waals surface area contributed by atoms with E-state index in [1.54, 1.807) is 0 Å². The normalized spacial score (nSPS) is 13.9. The van der Waals surface area contributed by atoms with Crippen molar-refractivity contribution in [2.45, 2.75) is 49.9 Å². The van der Waals surface area contributed by atoms with Gasteiger partial charge in [-0.15, -0.1) is 0 Å². The van der Waals surface area contributed by atoms with Crippen LogP contribution in [0.2, 0.25) is 0 Å². The number of carboxylic acids is 1. The van der Waals surface area contributed by atoms with Crippen LogP contribution in [-0.4, -0.2) is 81.6 Å². The molecule has 0 aromatic heterocycles. The number of hydrogen-bond donors (Lipinski definition) is 9. The molecule has 4 unspecified atom stereocenters. The fourth-order valence-corrected chi connectivity index (χ4v) is 2.92. The Morgan fingerprint density at radius 3 is 1.83 bits per heavy atom. The van der Waals surface area contributed by atoms with E-state index in [4.69, 9.17) is 17.2 Å². The van der Waals surface area contributed by atoms with Crippen molar-refractivity contribution < 1.29 is 44.1 Å². The van der Waals surface area contributed by atoms with E-state index in [1.807, 2.05) is 0 Å². The number of phenolic OH excluding ortho intramolecular Hbond substituents is 1. The van der Waals surface area contributed by atoms with Crippen LogP contribution in [0.3, 0.4) is 0 Å². The fourth-order valence-electron chi connectivity index (χ4n) is 2.92. The molecule has 12 N–H and O–H groups in total. The molecule has 0 aliphatic carbocycles. The van der Waals surface area contributed by atoms with Crippen LogP contribution < -0.4 is 33.2 Å². The predicted molar refractivity (Wildman–Crippen MR) is 123 cm³/mol. The number of aliphatic hydroxyl groups excluding tert-OH is 1. The molecule has 0 aliphatic rings. The molecule has 198 valence electrons. The summed E-state index contributed by atoms with van der Waals surface area (Å²) in [7, 11) is 0. The average molecular weight is 511 g/mol. The first-order valence-corrected chi connectivity index (χ1v) is 10.7. The number of benzene rings is 1. The summed E-state index contributed by atoms with van der Waals surface area (Å²) in [6.45, 7) is -0.882. The Hall–Kier alpha value is -4.24. The van der Waals surface area contributed by atoms with E-state index >= 15 is 0 Å². The number of nitrogens with two attached hydrogens (primary N) is 3. The third kappa shape index (κ3) is 10.4. The topological polar surface area (TPSA) is 277 Å². The Bertz CT molecular complexity index is 969. The lowest BCUT2D eigenvalue weighted by Gasteiger charge is -2.24. The van der Waals surface area contributed by atoms with Gasteiger partial charge in [0.05, 0.1) is 19.1 Å². The van der Waals surface area contributed by atoms with Crippen molar-refractivity contribution in [3.05, 3.63) is 29.8 Å². The molecule has 0 bridgehead atoms. The number of hydrogen-bond acceptors (Lipinski definition) is 9. The zero-order chi connectivity index (χ0) is 27.4. The number of carbonyl (C=O) groups is 6. The number of aliphatic carboxylic acids is 1. The van der Waals surface area contributed by atoms with E-state index in [9.17, 15) is 44.1 Å². The van der Waals surface area contributed by atoms with Crippen molar-refractivity contribution in [2.24, 2.45) is 17.2 Å². The number of nitrogens with one attached hydrogen (secondary N) is 3. The summed E-state index contributed by atoms with van der Waals surface area (Å²) in [6.07, 6.45) is -1.19. The van der Waals surface area contributed by atoms with E-state index in [-0.39, 0.29) is 25.0 Å². The molecule has 15 nitrogen and oxygen atoms in total. The summed E-state index contributed by atoms with van der Waals surface area (Å²) in [5, 5.41) is 34.9. The SMILES string of the molecule is NC(=O)CCC(N)C(=O)NC(CO)C(=O)NC(Cc1ccc(O)cc1)C(=O)NC(CC(N)=O)C(=O)O. The van der Waals surface area contributed by atoms with Crippen LogP contribution in [0.4, 0.5) is 0 Å². The molecule has 0 aliphatic heterocycles. The molecular weight excluding hydrogens is 480 g/mol. The van der Waals surface area contributed by atoms with Gasteiger partial charge in [-0.1, -0.05) is 12.1 Å². The maximum absolute atomic E-state index is 12.8. The van der Waals surface area contributed by atoms with E-state index in [1.165, 1.54) is 24.3 Å². The monoisotopic (exact) mass is 510 g/mol. The Kier molecular flexibility index (Phi) is 11.8. The molecule has 0 saturated heterocycles. The summed E-state index contributed by atoms with van der Waals surface area (Å²) in [6, 6.07) is -0.315. The first kappa shape index (κ1) is 29.8. The van der Waals surface area contributed by atoms with Gasteiger partial charge in [0, 0.05) is 12.8 Å². The average Bonchev–Trinajstić information content (AvgIpc) is 2.80. The molecule has 1 rings (SSSR count). The van der Waals surface area contributed by atoms with Crippen LogP contribution >= 0.6 is 0 Å². The van der Waals surface area contributed by atoms with Crippen molar-refractivity contribution in [2.75, 3.05) is 6.61 Å². The smallest absolute Gasteiger partial charge is 0.326 e. The minimum Gasteiger partial charge on any atom is -0.508 e. The number of carbonyl (C=O) groups excluding carboxylic acids is 5. The number of primary amides is 2. The van der Waals surface area contributed by atoms with E-state index < -0.39 is 72.7 Å². The number of phenols is 1. The lowest BCUT2D eigenvalue weighted by atomic mass is 10.0. The molecule has 0 saturated carbocycles. The maximum atomic E-state index is 12.8. The number of aliphatic hydroxyl groups is 1. The van der Waals surface area contributed by atoms with Crippen LogP contribution in [0.15, 0.2) is 24.3 Å².